The van der Waals surface area contributed by atoms with Gasteiger partial charge < -0.3 is 5.32 Å². The molecule has 0 saturated carbocycles. The number of amides is 1. The first-order valence-corrected chi connectivity index (χ1v) is 1.45. The van der Waals surface area contributed by atoms with Gasteiger partial charge in [0.1, 0.15) is 0 Å². The van der Waals surface area contributed by atoms with Gasteiger partial charge in [-0.05, 0) is 0 Å². The summed E-state index contributed by atoms with van der Waals surface area (Å²) in [5.74, 6) is 0.00463. The van der Waals surface area contributed by atoms with Gasteiger partial charge in [-0.3, -0.25) is 4.79 Å². The summed E-state index contributed by atoms with van der Waals surface area (Å²) in [5.41, 5.74) is 0. The van der Waals surface area contributed by atoms with Crippen molar-refractivity contribution in [2.75, 3.05) is 7.05 Å². The molecule has 2 heteroatoms. The molecule has 0 fully saturated rings. The van der Waals surface area contributed by atoms with Crippen LogP contribution < -0.4 is 5.32 Å². The lowest BCUT2D eigenvalue weighted by molar-refractivity contribution is -0.118. The van der Waals surface area contributed by atoms with Gasteiger partial charge >= 0.3 is 0 Å². The van der Waals surface area contributed by atoms with Crippen LogP contribution >= 0.6 is 0 Å². The monoisotopic (exact) mass is 105 g/mol. The predicted molar refractivity (Wildman–Crippen MR) is 33.2 cm³/mol. The zero-order valence-corrected chi connectivity index (χ0v) is 3.41. The second-order valence-corrected chi connectivity index (χ2v) is 0.806. The van der Waals surface area contributed by atoms with Gasteiger partial charge in [-0.25, -0.2) is 0 Å². The SMILES string of the molecule is C.C.CNC(C)=O. The lowest BCUT2D eigenvalue weighted by Crippen LogP contribution is -2.11. The lowest BCUT2D eigenvalue weighted by atomic mass is 10.7. The van der Waals surface area contributed by atoms with E-state index in [0.29, 0.717) is 0 Å². The van der Waals surface area contributed by atoms with Crippen molar-refractivity contribution in [3.63, 3.8) is 0 Å². The van der Waals surface area contributed by atoms with Gasteiger partial charge in [-0.15, -0.1) is 0 Å². The first-order valence-electron chi connectivity index (χ1n) is 1.45. The number of rotatable bonds is 0. The number of nitrogens with one attached hydrogen (secondary N) is 1. The Balaban J connectivity index is -0.0000000800. The fourth-order valence-corrected chi connectivity index (χ4v) is 0. The molecule has 0 rings (SSSR count). The van der Waals surface area contributed by atoms with Crippen LogP contribution in [0.15, 0.2) is 0 Å². The minimum absolute atomic E-state index is 0. The van der Waals surface area contributed by atoms with Crippen LogP contribution in [0.25, 0.3) is 0 Å². The van der Waals surface area contributed by atoms with Gasteiger partial charge in [-0.2, -0.15) is 0 Å². The minimum Gasteiger partial charge on any atom is -0.359 e. The van der Waals surface area contributed by atoms with Crippen LogP contribution in [0.4, 0.5) is 0 Å². The Hall–Kier alpha value is -0.530. The van der Waals surface area contributed by atoms with Gasteiger partial charge in [0.15, 0.2) is 0 Å². The average Bonchev–Trinajstić information content (AvgIpc) is 1.38. The Morgan fingerprint density at radius 2 is 1.57 bits per heavy atom. The average molecular weight is 105 g/mol. The maximum absolute atomic E-state index is 9.70. The summed E-state index contributed by atoms with van der Waals surface area (Å²) in [5, 5.41) is 2.39. The highest BCUT2D eigenvalue weighted by molar-refractivity contribution is 5.72. The van der Waals surface area contributed by atoms with Crippen molar-refractivity contribution in [3.05, 3.63) is 0 Å². The first kappa shape index (κ1) is 16.1. The molecule has 0 bridgehead atoms. The standard InChI is InChI=1S/C3H7NO.2CH4/c1-3(5)4-2;;/h1-2H3,(H,4,5);2*1H4. The van der Waals surface area contributed by atoms with Crippen LogP contribution in [0.5, 0.6) is 0 Å². The smallest absolute Gasteiger partial charge is 0.216 e. The topological polar surface area (TPSA) is 29.1 Å². The van der Waals surface area contributed by atoms with Gasteiger partial charge in [0.2, 0.25) is 5.91 Å². The minimum atomic E-state index is 0. The van der Waals surface area contributed by atoms with E-state index in [1.807, 2.05) is 0 Å². The van der Waals surface area contributed by atoms with Gasteiger partial charge in [-0.1, -0.05) is 14.9 Å². The fourth-order valence-electron chi connectivity index (χ4n) is 0. The van der Waals surface area contributed by atoms with E-state index in [9.17, 15) is 4.79 Å². The van der Waals surface area contributed by atoms with Crippen molar-refractivity contribution >= 4 is 5.91 Å². The van der Waals surface area contributed by atoms with E-state index in [1.54, 1.807) is 7.05 Å². The van der Waals surface area contributed by atoms with E-state index in [1.165, 1.54) is 6.92 Å². The predicted octanol–water partition coefficient (Wildman–Crippen LogP) is 1.02. The highest BCUT2D eigenvalue weighted by Gasteiger charge is 1.72. The second-order valence-electron chi connectivity index (χ2n) is 0.806. The van der Waals surface area contributed by atoms with E-state index >= 15 is 0 Å². The van der Waals surface area contributed by atoms with Gasteiger partial charge in [0.05, 0.1) is 0 Å². The molecule has 1 N–H and O–H groups in total. The van der Waals surface area contributed by atoms with Gasteiger partial charge in [0, 0.05) is 14.0 Å². The fraction of sp³-hybridized carbons (Fsp3) is 0.800. The number of carbonyl (C=O) groups excluding carboxylic acids is 1. The Morgan fingerprint density at radius 3 is 1.57 bits per heavy atom. The molecule has 0 saturated heterocycles. The van der Waals surface area contributed by atoms with E-state index in [0.717, 1.165) is 0 Å². The van der Waals surface area contributed by atoms with E-state index in [-0.39, 0.29) is 20.8 Å². The summed E-state index contributed by atoms with van der Waals surface area (Å²) in [7, 11) is 1.60. The lowest BCUT2D eigenvalue weighted by Gasteiger charge is -1.80. The van der Waals surface area contributed by atoms with Crippen molar-refractivity contribution in [1.82, 2.24) is 5.32 Å². The molecule has 7 heavy (non-hydrogen) atoms. The Kier molecular flexibility index (Phi) is 20.8. The highest BCUT2D eigenvalue weighted by atomic mass is 16.1. The van der Waals surface area contributed by atoms with Crippen LogP contribution in [0.2, 0.25) is 0 Å². The van der Waals surface area contributed by atoms with Crippen LogP contribution in [0.3, 0.4) is 0 Å². The molecule has 0 heterocycles. The van der Waals surface area contributed by atoms with Gasteiger partial charge in [0.25, 0.3) is 0 Å². The summed E-state index contributed by atoms with van der Waals surface area (Å²) in [6.45, 7) is 1.47. The van der Waals surface area contributed by atoms with E-state index < -0.39 is 0 Å². The third-order valence-electron chi connectivity index (χ3n) is 0.352. The van der Waals surface area contributed by atoms with Crippen LogP contribution in [-0.4, -0.2) is 13.0 Å². The maximum atomic E-state index is 9.70. The summed E-state index contributed by atoms with van der Waals surface area (Å²) < 4.78 is 0. The Labute approximate surface area is 45.9 Å². The second kappa shape index (κ2) is 9.08. The van der Waals surface area contributed by atoms with Crippen molar-refractivity contribution in [1.29, 1.82) is 0 Å². The summed E-state index contributed by atoms with van der Waals surface area (Å²) in [6, 6.07) is 0. The van der Waals surface area contributed by atoms with E-state index in [2.05, 4.69) is 5.32 Å². The normalized spacial score (nSPS) is 4.86. The van der Waals surface area contributed by atoms with Crippen molar-refractivity contribution in [2.24, 2.45) is 0 Å². The maximum Gasteiger partial charge on any atom is 0.216 e. The molecule has 0 aromatic rings. The molecular weight excluding hydrogens is 90.1 g/mol. The zero-order valence-electron chi connectivity index (χ0n) is 3.41. The number of hydrogen-bond acceptors (Lipinski definition) is 1. The summed E-state index contributed by atoms with van der Waals surface area (Å²) in [6.07, 6.45) is 0. The molecule has 1 amide bonds. The molecule has 0 aromatic heterocycles. The molecule has 0 unspecified atom stereocenters. The number of hydrogen-bond donors (Lipinski definition) is 1. The molecule has 46 valence electrons. The van der Waals surface area contributed by atoms with Crippen molar-refractivity contribution < 1.29 is 4.79 Å². The summed E-state index contributed by atoms with van der Waals surface area (Å²) in [4.78, 5) is 9.70. The van der Waals surface area contributed by atoms with Crippen LogP contribution in [0.1, 0.15) is 21.8 Å². The van der Waals surface area contributed by atoms with Crippen molar-refractivity contribution in [3.8, 4) is 0 Å². The molecule has 0 aliphatic rings. The third-order valence-corrected chi connectivity index (χ3v) is 0.352. The number of carbonyl (C=O) groups is 1. The van der Waals surface area contributed by atoms with E-state index in [4.69, 9.17) is 0 Å². The molecule has 0 spiro atoms. The molecular formula is C5H15NO. The Morgan fingerprint density at radius 1 is 1.43 bits per heavy atom. The first-order chi connectivity index (χ1) is 2.27. The molecule has 0 radical (unpaired) electrons. The Bertz CT molecular complexity index is 43.3. The highest BCUT2D eigenvalue weighted by Crippen LogP contribution is 1.45. The summed E-state index contributed by atoms with van der Waals surface area (Å²) >= 11 is 0. The molecule has 0 aliphatic carbocycles. The largest absolute Gasteiger partial charge is 0.359 e. The molecule has 0 aromatic carbocycles. The quantitative estimate of drug-likeness (QED) is 0.489. The molecule has 0 atom stereocenters. The van der Waals surface area contributed by atoms with Crippen molar-refractivity contribution in [2.45, 2.75) is 21.8 Å². The van der Waals surface area contributed by atoms with Crippen LogP contribution in [-0.2, 0) is 4.79 Å². The van der Waals surface area contributed by atoms with Crippen LogP contribution in [0, 0.1) is 0 Å². The zero-order chi connectivity index (χ0) is 4.28. The molecule has 0 aliphatic heterocycles. The molecule has 2 nitrogen and oxygen atoms in total. The third kappa shape index (κ3) is 30.5.